The topological polar surface area (TPSA) is 366 Å². The highest BCUT2D eigenvalue weighted by atomic mass is 16.4. The van der Waals surface area contributed by atoms with Crippen molar-refractivity contribution in [1.82, 2.24) is 16.0 Å². The number of guanidine groups is 3. The number of nitrogens with zero attached hydrogens (tertiary/aromatic N) is 3. The van der Waals surface area contributed by atoms with E-state index in [2.05, 4.69) is 36.2 Å². The van der Waals surface area contributed by atoms with E-state index in [4.69, 9.17) is 44.6 Å². The molecule has 0 bridgehead atoms. The highest BCUT2D eigenvalue weighted by Crippen LogP contribution is 2.21. The van der Waals surface area contributed by atoms with Gasteiger partial charge in [-0.1, -0.05) is 0 Å². The van der Waals surface area contributed by atoms with Gasteiger partial charge in [0.05, 0.1) is 12.6 Å². The van der Waals surface area contributed by atoms with Crippen molar-refractivity contribution >= 4 is 58.2 Å². The van der Waals surface area contributed by atoms with Gasteiger partial charge in [0.1, 0.15) is 17.7 Å². The van der Waals surface area contributed by atoms with Crippen molar-refractivity contribution < 1.29 is 23.6 Å². The first kappa shape index (κ1) is 40.3. The summed E-state index contributed by atoms with van der Waals surface area (Å²) >= 11 is 0. The molecule has 0 aliphatic carbocycles. The summed E-state index contributed by atoms with van der Waals surface area (Å²) in [5, 5.41) is 11.1. The Morgan fingerprint density at radius 2 is 1.28 bits per heavy atom. The molecule has 50 heavy (non-hydrogen) atoms. The van der Waals surface area contributed by atoms with E-state index in [1.807, 2.05) is 0 Å². The minimum atomic E-state index is -1.15. The molecule has 1 heterocycles. The van der Waals surface area contributed by atoms with Crippen molar-refractivity contribution in [3.63, 3.8) is 0 Å². The van der Waals surface area contributed by atoms with Crippen LogP contribution in [0.15, 0.2) is 48.5 Å². The maximum Gasteiger partial charge on any atom is 0.336 e. The van der Waals surface area contributed by atoms with Gasteiger partial charge in [-0.25, -0.2) is 4.79 Å². The third kappa shape index (κ3) is 14.9. The van der Waals surface area contributed by atoms with Crippen LogP contribution in [-0.4, -0.2) is 85.8 Å². The summed E-state index contributed by atoms with van der Waals surface area (Å²) in [6.07, 6.45) is 1.49. The van der Waals surface area contributed by atoms with Crippen molar-refractivity contribution in [3.8, 4) is 0 Å². The van der Waals surface area contributed by atoms with Gasteiger partial charge in [0, 0.05) is 42.8 Å². The fourth-order valence-electron chi connectivity index (χ4n) is 4.64. The third-order valence-corrected chi connectivity index (χ3v) is 7.12. The highest BCUT2D eigenvalue weighted by Gasteiger charge is 2.27. The van der Waals surface area contributed by atoms with Crippen LogP contribution in [0, 0.1) is 6.92 Å². The Morgan fingerprint density at radius 1 is 0.740 bits per heavy atom. The summed E-state index contributed by atoms with van der Waals surface area (Å²) in [4.78, 5) is 75.8. The largest absolute Gasteiger partial charge is 0.423 e. The molecule has 0 radical (unpaired) electrons. The van der Waals surface area contributed by atoms with E-state index in [-0.39, 0.29) is 68.8 Å². The molecule has 0 aliphatic heterocycles. The Kier molecular flexibility index (Phi) is 16.5. The Balaban J connectivity index is 2.17. The minimum absolute atomic E-state index is 0.0781. The zero-order valence-corrected chi connectivity index (χ0v) is 27.9. The van der Waals surface area contributed by atoms with E-state index in [0.29, 0.717) is 29.5 Å². The molecule has 20 nitrogen and oxygen atoms in total. The Bertz CT molecular complexity index is 1630. The van der Waals surface area contributed by atoms with Crippen LogP contribution in [-0.2, 0) is 19.2 Å². The number of aryl methyl sites for hydroxylation is 1. The van der Waals surface area contributed by atoms with Gasteiger partial charge in [-0.15, -0.1) is 0 Å². The number of hydrogen-bond acceptors (Lipinski definition) is 10. The molecule has 0 aliphatic rings. The summed E-state index contributed by atoms with van der Waals surface area (Å²) in [7, 11) is 0. The SMILES string of the molecule is Cc1cc(=O)oc2cc(NC(=O)[C@H](CCCN=C(N)N)NC(=O)[C@H](CCCN=C(N)N)NC(=O)CNC(=O)[C@@H](N)CCCN=C(N)N)ccc12. The van der Waals surface area contributed by atoms with Gasteiger partial charge < -0.3 is 65.8 Å². The molecule has 2 aromatic rings. The minimum Gasteiger partial charge on any atom is -0.423 e. The Hall–Kier alpha value is -5.92. The first-order valence-corrected chi connectivity index (χ1v) is 15.8. The number of nitrogens with one attached hydrogen (secondary N) is 4. The zero-order chi connectivity index (χ0) is 37.2. The molecule has 1 aromatic carbocycles. The van der Waals surface area contributed by atoms with Gasteiger partial charge in [-0.3, -0.25) is 34.2 Å². The second kappa shape index (κ2) is 20.4. The molecule has 2 rings (SSSR count). The summed E-state index contributed by atoms with van der Waals surface area (Å²) < 4.78 is 5.27. The zero-order valence-electron chi connectivity index (χ0n) is 27.9. The van der Waals surface area contributed by atoms with Crippen LogP contribution in [0.4, 0.5) is 5.69 Å². The number of fused-ring (bicyclic) bond motifs is 1. The molecule has 3 atom stereocenters. The van der Waals surface area contributed by atoms with Crippen molar-refractivity contribution in [2.75, 3.05) is 31.5 Å². The van der Waals surface area contributed by atoms with Gasteiger partial charge >= 0.3 is 5.63 Å². The number of carbonyl (C=O) groups is 4. The molecule has 0 fully saturated rings. The highest BCUT2D eigenvalue weighted by molar-refractivity contribution is 6.00. The molecule has 0 unspecified atom stereocenters. The predicted octanol–water partition coefficient (Wildman–Crippen LogP) is -3.39. The Labute approximate surface area is 288 Å². The van der Waals surface area contributed by atoms with Gasteiger partial charge in [0.15, 0.2) is 17.9 Å². The number of aliphatic imine (C=N–C) groups is 3. The van der Waals surface area contributed by atoms with E-state index in [1.54, 1.807) is 19.1 Å². The molecule has 20 heteroatoms. The van der Waals surface area contributed by atoms with E-state index >= 15 is 0 Å². The predicted molar refractivity (Wildman–Crippen MR) is 190 cm³/mol. The average molecular weight is 701 g/mol. The Morgan fingerprint density at radius 3 is 1.84 bits per heavy atom. The lowest BCUT2D eigenvalue weighted by Gasteiger charge is -2.23. The van der Waals surface area contributed by atoms with Crippen molar-refractivity contribution in [1.29, 1.82) is 0 Å². The quantitative estimate of drug-likeness (QED) is 0.0278. The summed E-state index contributed by atoms with van der Waals surface area (Å²) in [5.41, 5.74) is 38.8. The van der Waals surface area contributed by atoms with Gasteiger partial charge in [-0.05, 0) is 63.1 Å². The molecule has 274 valence electrons. The van der Waals surface area contributed by atoms with E-state index in [9.17, 15) is 24.0 Å². The lowest BCUT2D eigenvalue weighted by Crippen LogP contribution is -2.54. The second-order valence-electron chi connectivity index (χ2n) is 11.3. The lowest BCUT2D eigenvalue weighted by molar-refractivity contribution is -0.131. The van der Waals surface area contributed by atoms with Crippen molar-refractivity contribution in [2.45, 2.75) is 63.6 Å². The molecule has 18 N–H and O–H groups in total. The van der Waals surface area contributed by atoms with Crippen LogP contribution in [0.2, 0.25) is 0 Å². The van der Waals surface area contributed by atoms with Crippen LogP contribution in [0.25, 0.3) is 11.0 Å². The normalized spacial score (nSPS) is 12.4. The van der Waals surface area contributed by atoms with E-state index in [1.165, 1.54) is 12.1 Å². The van der Waals surface area contributed by atoms with Gasteiger partial charge in [-0.2, -0.15) is 0 Å². The lowest BCUT2D eigenvalue weighted by atomic mass is 10.1. The number of benzene rings is 1. The van der Waals surface area contributed by atoms with Crippen LogP contribution >= 0.6 is 0 Å². The maximum absolute atomic E-state index is 13.6. The second-order valence-corrected chi connectivity index (χ2v) is 11.3. The number of carbonyl (C=O) groups excluding carboxylic acids is 4. The van der Waals surface area contributed by atoms with Crippen LogP contribution < -0.4 is 67.0 Å². The molecule has 4 amide bonds. The number of anilines is 1. The first-order chi connectivity index (χ1) is 23.7. The monoisotopic (exact) mass is 700 g/mol. The van der Waals surface area contributed by atoms with Crippen molar-refractivity contribution in [2.24, 2.45) is 55.1 Å². The molecule has 1 aromatic heterocycles. The van der Waals surface area contributed by atoms with E-state index in [0.717, 1.165) is 0 Å². The van der Waals surface area contributed by atoms with Gasteiger partial charge in [0.2, 0.25) is 23.6 Å². The van der Waals surface area contributed by atoms with Gasteiger partial charge in [0.25, 0.3) is 0 Å². The average Bonchev–Trinajstić information content (AvgIpc) is 3.03. The van der Waals surface area contributed by atoms with Crippen LogP contribution in [0.1, 0.15) is 44.1 Å². The number of rotatable bonds is 20. The third-order valence-electron chi connectivity index (χ3n) is 7.12. The number of nitrogens with two attached hydrogens (primary N) is 7. The molecule has 0 saturated carbocycles. The first-order valence-electron chi connectivity index (χ1n) is 15.8. The number of amides is 4. The summed E-state index contributed by atoms with van der Waals surface area (Å²) in [6, 6.07) is 3.00. The maximum atomic E-state index is 13.6. The summed E-state index contributed by atoms with van der Waals surface area (Å²) in [6.45, 7) is 1.91. The fraction of sp³-hybridized carbons (Fsp3) is 0.467. The molecule has 0 spiro atoms. The molecular formula is C30H48N14O6. The van der Waals surface area contributed by atoms with Crippen LogP contribution in [0.5, 0.6) is 0 Å². The smallest absolute Gasteiger partial charge is 0.336 e. The molecule has 0 saturated heterocycles. The standard InChI is InChI=1S/C30H48N14O6/c1-16-13-24(46)50-22-14-17(8-9-18(16)22)42-26(48)21(7-4-12-40-30(36)37)44-27(49)20(6-3-11-39-29(34)35)43-23(45)15-41-25(47)19(31)5-2-10-38-28(32)33/h8-9,13-14,19-21H,2-7,10-12,15,31H2,1H3,(H,41,47)(H,42,48)(H,43,45)(H,44,49)(H4,32,33,38)(H4,34,35,39)(H4,36,37,40)/t19-,20-,21-/m0/s1. The fourth-order valence-corrected chi connectivity index (χ4v) is 4.64. The number of hydrogen-bond donors (Lipinski definition) is 11. The van der Waals surface area contributed by atoms with E-state index < -0.39 is 53.9 Å². The van der Waals surface area contributed by atoms with Crippen molar-refractivity contribution in [3.05, 3.63) is 40.2 Å². The summed E-state index contributed by atoms with van der Waals surface area (Å²) in [5.74, 6) is -2.91. The molecular weight excluding hydrogens is 652 g/mol. The van der Waals surface area contributed by atoms with Crippen LogP contribution in [0.3, 0.4) is 0 Å².